The van der Waals surface area contributed by atoms with Gasteiger partial charge in [0.15, 0.2) is 0 Å². The van der Waals surface area contributed by atoms with Gasteiger partial charge < -0.3 is 28.6 Å². The van der Waals surface area contributed by atoms with E-state index in [2.05, 4.69) is 4.90 Å². The second-order valence-corrected chi connectivity index (χ2v) is 10.6. The molecule has 2 atom stereocenters. The van der Waals surface area contributed by atoms with Crippen LogP contribution in [0, 0.1) is 0 Å². The summed E-state index contributed by atoms with van der Waals surface area (Å²) < 4.78 is 23.8. The van der Waals surface area contributed by atoms with Crippen molar-refractivity contribution in [3.8, 4) is 0 Å². The fraction of sp³-hybridized carbons (Fsp3) is 0.727. The lowest BCUT2D eigenvalue weighted by molar-refractivity contribution is 0.00578. The second-order valence-electron chi connectivity index (χ2n) is 10.6. The van der Waals surface area contributed by atoms with Crippen molar-refractivity contribution in [1.29, 1.82) is 0 Å². The van der Waals surface area contributed by atoms with E-state index in [1.807, 2.05) is 66.8 Å². The number of likely N-dealkylation sites (tertiary alicyclic amines) is 1. The van der Waals surface area contributed by atoms with Crippen LogP contribution in [0.25, 0.3) is 0 Å². The van der Waals surface area contributed by atoms with Crippen molar-refractivity contribution in [2.24, 2.45) is 0 Å². The summed E-state index contributed by atoms with van der Waals surface area (Å²) in [7, 11) is -0.432. The van der Waals surface area contributed by atoms with E-state index in [4.69, 9.17) is 23.8 Å². The number of nitrogens with zero attached hydrogens (tertiary/aromatic N) is 3. The van der Waals surface area contributed by atoms with E-state index in [-0.39, 0.29) is 29.4 Å². The number of anilines is 1. The minimum atomic E-state index is -0.518. The molecule has 3 aliphatic rings. The maximum atomic E-state index is 12.5. The molecule has 3 aliphatic heterocycles. The summed E-state index contributed by atoms with van der Waals surface area (Å²) in [4.78, 5) is 21.2. The van der Waals surface area contributed by atoms with Gasteiger partial charge in [0.2, 0.25) is 0 Å². The van der Waals surface area contributed by atoms with Gasteiger partial charge in [0.25, 0.3) is 0 Å². The quantitative estimate of drug-likeness (QED) is 0.665. The number of ether oxygens (including phenoxy) is 2. The van der Waals surface area contributed by atoms with E-state index in [1.54, 1.807) is 4.90 Å². The molecular formula is C22H34BN3O5. The smallest absolute Gasteiger partial charge is 0.444 e. The minimum Gasteiger partial charge on any atom is -0.444 e. The summed E-state index contributed by atoms with van der Waals surface area (Å²) in [6.07, 6.45) is 1.48. The Morgan fingerprint density at radius 3 is 2.42 bits per heavy atom. The van der Waals surface area contributed by atoms with Gasteiger partial charge in [0.1, 0.15) is 11.4 Å². The van der Waals surface area contributed by atoms with Gasteiger partial charge in [-0.3, -0.25) is 0 Å². The summed E-state index contributed by atoms with van der Waals surface area (Å²) in [6.45, 7) is 16.2. The van der Waals surface area contributed by atoms with Crippen molar-refractivity contribution in [1.82, 2.24) is 9.88 Å². The highest BCUT2D eigenvalue weighted by Crippen LogP contribution is 2.36. The van der Waals surface area contributed by atoms with Crippen LogP contribution in [-0.2, 0) is 18.8 Å². The molecule has 0 aromatic carbocycles. The van der Waals surface area contributed by atoms with Crippen LogP contribution in [0.1, 0.15) is 48.5 Å². The molecule has 0 radical (unpaired) electrons. The summed E-state index contributed by atoms with van der Waals surface area (Å²) in [5.41, 5.74) is -0.393. The van der Waals surface area contributed by atoms with Crippen LogP contribution in [0.15, 0.2) is 18.3 Å². The first kappa shape index (κ1) is 22.4. The topological polar surface area (TPSA) is 73.4 Å². The van der Waals surface area contributed by atoms with E-state index in [0.717, 1.165) is 17.8 Å². The Kier molecular flexibility index (Phi) is 5.51. The van der Waals surface area contributed by atoms with Crippen LogP contribution in [0.3, 0.4) is 0 Å². The molecule has 170 valence electrons. The molecule has 0 saturated carbocycles. The molecule has 8 nitrogen and oxygen atoms in total. The lowest BCUT2D eigenvalue weighted by Crippen LogP contribution is -2.51. The third-order valence-electron chi connectivity index (χ3n) is 6.54. The van der Waals surface area contributed by atoms with Crippen molar-refractivity contribution in [3.63, 3.8) is 0 Å². The number of amides is 1. The van der Waals surface area contributed by atoms with Gasteiger partial charge in [-0.05, 0) is 54.5 Å². The molecule has 3 saturated heterocycles. The van der Waals surface area contributed by atoms with Crippen molar-refractivity contribution < 1.29 is 23.6 Å². The zero-order valence-corrected chi connectivity index (χ0v) is 19.7. The highest BCUT2D eigenvalue weighted by Gasteiger charge is 2.52. The molecule has 4 heterocycles. The predicted molar refractivity (Wildman–Crippen MR) is 119 cm³/mol. The fourth-order valence-corrected chi connectivity index (χ4v) is 4.13. The third kappa shape index (κ3) is 4.40. The summed E-state index contributed by atoms with van der Waals surface area (Å²) in [5.74, 6) is 0.865. The number of fused-ring (bicyclic) bond motifs is 1. The first-order valence-corrected chi connectivity index (χ1v) is 11.0. The first-order chi connectivity index (χ1) is 14.4. The molecule has 0 spiro atoms. The number of carbonyl (C=O) groups is 1. The van der Waals surface area contributed by atoms with E-state index >= 15 is 0 Å². The average Bonchev–Trinajstić information content (AvgIpc) is 3.19. The van der Waals surface area contributed by atoms with Crippen molar-refractivity contribution >= 4 is 24.5 Å². The maximum absolute atomic E-state index is 12.5. The van der Waals surface area contributed by atoms with Crippen LogP contribution in [0.4, 0.5) is 10.6 Å². The van der Waals surface area contributed by atoms with Crippen LogP contribution >= 0.6 is 0 Å². The Labute approximate surface area is 185 Å². The average molecular weight is 431 g/mol. The Morgan fingerprint density at radius 1 is 1.16 bits per heavy atom. The molecule has 4 rings (SSSR count). The number of morpholine rings is 1. The van der Waals surface area contributed by atoms with Gasteiger partial charge in [-0.25, -0.2) is 9.78 Å². The molecule has 0 unspecified atom stereocenters. The van der Waals surface area contributed by atoms with Crippen molar-refractivity contribution in [3.05, 3.63) is 18.3 Å². The van der Waals surface area contributed by atoms with E-state index in [9.17, 15) is 4.79 Å². The number of hydrogen-bond acceptors (Lipinski definition) is 7. The van der Waals surface area contributed by atoms with Gasteiger partial charge in [-0.2, -0.15) is 0 Å². The SMILES string of the molecule is CC(C)(C)OC(=O)N1C[C@H]2OCCN(c3ccc(B4OC(C)(C)C(C)(C)O4)cn3)[C@H]2C1. The van der Waals surface area contributed by atoms with E-state index < -0.39 is 12.7 Å². The standard InChI is InChI=1S/C22H34BN3O5/c1-20(2,3)29-19(27)25-13-16-17(14-25)28-11-10-26(16)18-9-8-15(12-24-18)23-30-21(4,5)22(6,7)31-23/h8-9,12,16-17H,10-11,13-14H2,1-7H3/t16-,17+/m0/s1. The van der Waals surface area contributed by atoms with Crippen molar-refractivity contribution in [2.75, 3.05) is 31.1 Å². The van der Waals surface area contributed by atoms with Crippen LogP contribution in [-0.4, -0.2) is 78.3 Å². The van der Waals surface area contributed by atoms with E-state index in [0.29, 0.717) is 19.7 Å². The van der Waals surface area contributed by atoms with Crippen LogP contribution in [0.2, 0.25) is 0 Å². The predicted octanol–water partition coefficient (Wildman–Crippen LogP) is 2.21. The second kappa shape index (κ2) is 7.64. The van der Waals surface area contributed by atoms with Crippen LogP contribution in [0.5, 0.6) is 0 Å². The summed E-state index contributed by atoms with van der Waals surface area (Å²) >= 11 is 0. The largest absolute Gasteiger partial charge is 0.496 e. The Hall–Kier alpha value is -1.84. The first-order valence-electron chi connectivity index (χ1n) is 11.0. The highest BCUT2D eigenvalue weighted by molar-refractivity contribution is 6.62. The molecule has 0 aliphatic carbocycles. The third-order valence-corrected chi connectivity index (χ3v) is 6.54. The molecule has 9 heteroatoms. The lowest BCUT2D eigenvalue weighted by atomic mass is 9.80. The Balaban J connectivity index is 1.46. The summed E-state index contributed by atoms with van der Waals surface area (Å²) in [5, 5.41) is 0. The van der Waals surface area contributed by atoms with E-state index in [1.165, 1.54) is 0 Å². The molecule has 0 N–H and O–H groups in total. The number of carbonyl (C=O) groups excluding carboxylic acids is 1. The van der Waals surface area contributed by atoms with Gasteiger partial charge in [0, 0.05) is 24.7 Å². The van der Waals surface area contributed by atoms with Gasteiger partial charge >= 0.3 is 13.2 Å². The number of hydrogen-bond donors (Lipinski definition) is 0. The Bertz CT molecular complexity index is 807. The number of aromatic nitrogens is 1. The van der Waals surface area contributed by atoms with Crippen molar-refractivity contribution in [2.45, 2.75) is 77.4 Å². The highest BCUT2D eigenvalue weighted by atomic mass is 16.7. The maximum Gasteiger partial charge on any atom is 0.496 e. The molecular weight excluding hydrogens is 397 g/mol. The molecule has 1 aromatic heterocycles. The Morgan fingerprint density at radius 2 is 1.84 bits per heavy atom. The molecule has 0 bridgehead atoms. The zero-order chi connectivity index (χ0) is 22.6. The molecule has 1 aromatic rings. The zero-order valence-electron chi connectivity index (χ0n) is 19.7. The molecule has 31 heavy (non-hydrogen) atoms. The number of pyridine rings is 1. The molecule has 1 amide bonds. The fourth-order valence-electron chi connectivity index (χ4n) is 4.13. The monoisotopic (exact) mass is 431 g/mol. The summed E-state index contributed by atoms with van der Waals surface area (Å²) in [6, 6.07) is 4.06. The van der Waals surface area contributed by atoms with Gasteiger partial charge in [-0.1, -0.05) is 6.07 Å². The minimum absolute atomic E-state index is 0.0501. The van der Waals surface area contributed by atoms with Crippen LogP contribution < -0.4 is 10.4 Å². The van der Waals surface area contributed by atoms with Gasteiger partial charge in [0.05, 0.1) is 36.5 Å². The molecule has 3 fully saturated rings. The van der Waals surface area contributed by atoms with Gasteiger partial charge in [-0.15, -0.1) is 0 Å². The number of rotatable bonds is 2. The lowest BCUT2D eigenvalue weighted by Gasteiger charge is -2.37. The normalized spacial score (nSPS) is 27.4.